The minimum absolute atomic E-state index is 0.0763. The van der Waals surface area contributed by atoms with Gasteiger partial charge in [-0.2, -0.15) is 0 Å². The Balaban J connectivity index is 2.29. The Hall–Kier alpha value is -1.97. The minimum Gasteiger partial charge on any atom is -0.295 e. The number of rotatable bonds is 2. The second-order valence-corrected chi connectivity index (χ2v) is 4.41. The van der Waals surface area contributed by atoms with Gasteiger partial charge in [-0.1, -0.05) is 17.7 Å². The number of hydrogen-bond donors (Lipinski definition) is 0. The Labute approximate surface area is 99.1 Å². The third-order valence-electron chi connectivity index (χ3n) is 2.98. The van der Waals surface area contributed by atoms with Gasteiger partial charge in [0.25, 0.3) is 5.69 Å². The normalized spacial score (nSPS) is 19.9. The van der Waals surface area contributed by atoms with Crippen LogP contribution in [-0.4, -0.2) is 10.7 Å². The molecular weight excluding hydrogens is 218 g/mol. The molecular formula is C13H13NO3. The van der Waals surface area contributed by atoms with Gasteiger partial charge in [0.05, 0.1) is 4.92 Å². The minimum atomic E-state index is -0.406. The van der Waals surface area contributed by atoms with E-state index >= 15 is 0 Å². The van der Waals surface area contributed by atoms with E-state index in [0.717, 1.165) is 17.6 Å². The van der Waals surface area contributed by atoms with E-state index in [1.807, 2.05) is 13.0 Å². The number of ketones is 1. The highest BCUT2D eigenvalue weighted by Crippen LogP contribution is 2.32. The molecule has 0 heterocycles. The largest absolute Gasteiger partial charge is 0.295 e. The van der Waals surface area contributed by atoms with E-state index in [-0.39, 0.29) is 17.4 Å². The maximum absolute atomic E-state index is 11.5. The summed E-state index contributed by atoms with van der Waals surface area (Å²) in [4.78, 5) is 21.8. The van der Waals surface area contributed by atoms with Crippen molar-refractivity contribution in [1.82, 2.24) is 0 Å². The van der Waals surface area contributed by atoms with Gasteiger partial charge in [-0.15, -0.1) is 0 Å². The molecule has 17 heavy (non-hydrogen) atoms. The molecule has 0 fully saturated rings. The predicted octanol–water partition coefficient (Wildman–Crippen LogP) is 2.99. The Kier molecular flexibility index (Phi) is 3.04. The zero-order valence-corrected chi connectivity index (χ0v) is 9.55. The van der Waals surface area contributed by atoms with Crippen LogP contribution in [0.2, 0.25) is 0 Å². The highest BCUT2D eigenvalue weighted by atomic mass is 16.6. The Morgan fingerprint density at radius 1 is 1.35 bits per heavy atom. The smallest absolute Gasteiger partial charge is 0.269 e. The standard InChI is InChI=1S/C13H13NO3/c1-9-5-11(8-13(15)6-9)10-3-2-4-12(7-10)14(16)17/h2-4,6-7,11H,5,8H2,1H3. The second kappa shape index (κ2) is 4.49. The lowest BCUT2D eigenvalue weighted by Crippen LogP contribution is -2.11. The van der Waals surface area contributed by atoms with Gasteiger partial charge in [0, 0.05) is 18.6 Å². The molecule has 1 unspecified atom stereocenters. The van der Waals surface area contributed by atoms with Gasteiger partial charge in [0.2, 0.25) is 0 Å². The second-order valence-electron chi connectivity index (χ2n) is 4.41. The van der Waals surface area contributed by atoms with Gasteiger partial charge < -0.3 is 0 Å². The first kappa shape index (κ1) is 11.5. The van der Waals surface area contributed by atoms with Crippen LogP contribution in [0.3, 0.4) is 0 Å². The molecule has 2 rings (SSSR count). The lowest BCUT2D eigenvalue weighted by Gasteiger charge is -2.20. The van der Waals surface area contributed by atoms with E-state index in [1.54, 1.807) is 18.2 Å². The van der Waals surface area contributed by atoms with Crippen molar-refractivity contribution in [2.24, 2.45) is 0 Å². The Morgan fingerprint density at radius 2 is 2.12 bits per heavy atom. The average Bonchev–Trinajstić information content (AvgIpc) is 2.28. The number of nitrogens with zero attached hydrogens (tertiary/aromatic N) is 1. The molecule has 0 radical (unpaired) electrons. The molecule has 0 aromatic heterocycles. The summed E-state index contributed by atoms with van der Waals surface area (Å²) in [5.41, 5.74) is 2.00. The Bertz CT molecular complexity index is 505. The van der Waals surface area contributed by atoms with Crippen LogP contribution in [-0.2, 0) is 4.79 Å². The van der Waals surface area contributed by atoms with Crippen LogP contribution in [0.15, 0.2) is 35.9 Å². The van der Waals surface area contributed by atoms with Crippen LogP contribution >= 0.6 is 0 Å². The van der Waals surface area contributed by atoms with E-state index in [0.29, 0.717) is 6.42 Å². The fraction of sp³-hybridized carbons (Fsp3) is 0.308. The van der Waals surface area contributed by atoms with Gasteiger partial charge in [0.15, 0.2) is 5.78 Å². The monoisotopic (exact) mass is 231 g/mol. The van der Waals surface area contributed by atoms with Crippen molar-refractivity contribution in [3.05, 3.63) is 51.6 Å². The lowest BCUT2D eigenvalue weighted by molar-refractivity contribution is -0.384. The molecule has 1 aromatic rings. The summed E-state index contributed by atoms with van der Waals surface area (Å²) in [5, 5.41) is 10.7. The molecule has 88 valence electrons. The summed E-state index contributed by atoms with van der Waals surface area (Å²) >= 11 is 0. The number of benzene rings is 1. The fourth-order valence-corrected chi connectivity index (χ4v) is 2.22. The molecule has 0 amide bonds. The van der Waals surface area contributed by atoms with E-state index in [2.05, 4.69) is 0 Å². The first-order chi connectivity index (χ1) is 8.06. The quantitative estimate of drug-likeness (QED) is 0.580. The lowest BCUT2D eigenvalue weighted by atomic mass is 9.83. The molecule has 1 aliphatic rings. The number of nitro groups is 1. The molecule has 1 atom stereocenters. The maximum Gasteiger partial charge on any atom is 0.269 e. The molecule has 0 saturated carbocycles. The summed E-state index contributed by atoms with van der Waals surface area (Å²) in [5.74, 6) is 0.178. The van der Waals surface area contributed by atoms with Gasteiger partial charge in [0.1, 0.15) is 0 Å². The van der Waals surface area contributed by atoms with E-state index in [9.17, 15) is 14.9 Å². The molecule has 0 bridgehead atoms. The van der Waals surface area contributed by atoms with Crippen LogP contribution in [0, 0.1) is 10.1 Å². The zero-order chi connectivity index (χ0) is 12.4. The van der Waals surface area contributed by atoms with Gasteiger partial charge in [-0.05, 0) is 30.9 Å². The molecule has 1 aromatic carbocycles. The number of nitro benzene ring substituents is 1. The van der Waals surface area contributed by atoms with Crippen LogP contribution in [0.25, 0.3) is 0 Å². The fourth-order valence-electron chi connectivity index (χ4n) is 2.22. The van der Waals surface area contributed by atoms with Crippen molar-refractivity contribution in [3.8, 4) is 0 Å². The number of non-ortho nitro benzene ring substituents is 1. The molecule has 0 aliphatic heterocycles. The van der Waals surface area contributed by atoms with Crippen LogP contribution in [0.4, 0.5) is 5.69 Å². The van der Waals surface area contributed by atoms with Crippen molar-refractivity contribution in [1.29, 1.82) is 0 Å². The zero-order valence-electron chi connectivity index (χ0n) is 9.55. The van der Waals surface area contributed by atoms with Crippen molar-refractivity contribution >= 4 is 11.5 Å². The van der Waals surface area contributed by atoms with E-state index in [1.165, 1.54) is 6.07 Å². The first-order valence-electron chi connectivity index (χ1n) is 5.50. The molecule has 1 aliphatic carbocycles. The predicted molar refractivity (Wildman–Crippen MR) is 63.8 cm³/mol. The number of carbonyl (C=O) groups excluding carboxylic acids is 1. The van der Waals surface area contributed by atoms with Crippen molar-refractivity contribution in [3.63, 3.8) is 0 Å². The van der Waals surface area contributed by atoms with Crippen molar-refractivity contribution < 1.29 is 9.72 Å². The number of hydrogen-bond acceptors (Lipinski definition) is 3. The third kappa shape index (κ3) is 2.58. The van der Waals surface area contributed by atoms with Gasteiger partial charge in [-0.25, -0.2) is 0 Å². The van der Waals surface area contributed by atoms with Crippen LogP contribution in [0.1, 0.15) is 31.2 Å². The number of carbonyl (C=O) groups is 1. The maximum atomic E-state index is 11.5. The summed E-state index contributed by atoms with van der Waals surface area (Å²) in [6.45, 7) is 1.92. The molecule has 0 spiro atoms. The van der Waals surface area contributed by atoms with Gasteiger partial charge >= 0.3 is 0 Å². The number of allylic oxidation sites excluding steroid dienone is 2. The highest BCUT2D eigenvalue weighted by Gasteiger charge is 2.21. The summed E-state index contributed by atoms with van der Waals surface area (Å²) < 4.78 is 0. The molecule has 0 N–H and O–H groups in total. The van der Waals surface area contributed by atoms with Crippen LogP contribution < -0.4 is 0 Å². The van der Waals surface area contributed by atoms with Crippen molar-refractivity contribution in [2.45, 2.75) is 25.7 Å². The summed E-state index contributed by atoms with van der Waals surface area (Å²) in [7, 11) is 0. The topological polar surface area (TPSA) is 60.2 Å². The van der Waals surface area contributed by atoms with Crippen LogP contribution in [0.5, 0.6) is 0 Å². The summed E-state index contributed by atoms with van der Waals surface area (Å²) in [6, 6.07) is 6.56. The average molecular weight is 231 g/mol. The first-order valence-corrected chi connectivity index (χ1v) is 5.50. The van der Waals surface area contributed by atoms with E-state index in [4.69, 9.17) is 0 Å². The van der Waals surface area contributed by atoms with E-state index < -0.39 is 4.92 Å². The SMILES string of the molecule is CC1=CC(=O)CC(c2cccc([N+](=O)[O-])c2)C1. The molecule has 4 heteroatoms. The van der Waals surface area contributed by atoms with Crippen molar-refractivity contribution in [2.75, 3.05) is 0 Å². The Morgan fingerprint density at radius 3 is 2.76 bits per heavy atom. The van der Waals surface area contributed by atoms with Gasteiger partial charge in [-0.3, -0.25) is 14.9 Å². The third-order valence-corrected chi connectivity index (χ3v) is 2.98. The summed E-state index contributed by atoms with van der Waals surface area (Å²) in [6.07, 6.45) is 2.90. The highest BCUT2D eigenvalue weighted by molar-refractivity contribution is 5.91. The molecule has 4 nitrogen and oxygen atoms in total. The molecule has 0 saturated heterocycles.